The van der Waals surface area contributed by atoms with Crippen molar-refractivity contribution in [1.29, 1.82) is 0 Å². The van der Waals surface area contributed by atoms with Crippen LogP contribution in [0.5, 0.6) is 17.4 Å². The second kappa shape index (κ2) is 15.4. The Hall–Kier alpha value is -4.81. The third kappa shape index (κ3) is 8.48. The van der Waals surface area contributed by atoms with Crippen molar-refractivity contribution in [3.05, 3.63) is 89.1 Å². The maximum Gasteiger partial charge on any atom is 0.272 e. The normalized spacial score (nSPS) is 18.6. The molecule has 0 spiro atoms. The van der Waals surface area contributed by atoms with Gasteiger partial charge in [0.2, 0.25) is 5.88 Å². The lowest BCUT2D eigenvalue weighted by Gasteiger charge is -2.37. The predicted molar refractivity (Wildman–Crippen MR) is 189 cm³/mol. The minimum Gasteiger partial charge on any atom is -0.508 e. The topological polar surface area (TPSA) is 125 Å². The Morgan fingerprint density at radius 1 is 0.940 bits per heavy atom. The summed E-state index contributed by atoms with van der Waals surface area (Å²) >= 11 is 0. The summed E-state index contributed by atoms with van der Waals surface area (Å²) in [5.74, 6) is -0.628. The molecule has 0 radical (unpaired) electrons. The van der Waals surface area contributed by atoms with E-state index < -0.39 is 11.7 Å². The van der Waals surface area contributed by atoms with Crippen LogP contribution in [0.2, 0.25) is 0 Å². The van der Waals surface area contributed by atoms with Gasteiger partial charge in [0.1, 0.15) is 28.6 Å². The minimum absolute atomic E-state index is 0.000381. The van der Waals surface area contributed by atoms with Gasteiger partial charge < -0.3 is 20.5 Å². The molecule has 3 heterocycles. The second-order valence-electron chi connectivity index (χ2n) is 13.7. The zero-order valence-electron chi connectivity index (χ0n) is 29.2. The number of carbonyl (C=O) groups excluding carboxylic acids is 2. The van der Waals surface area contributed by atoms with Crippen molar-refractivity contribution in [2.45, 2.75) is 71.1 Å². The van der Waals surface area contributed by atoms with E-state index in [1.54, 1.807) is 29.9 Å². The molecule has 50 heavy (non-hydrogen) atoms. The number of nitrogens with one attached hydrogen (secondary N) is 2. The Kier molecular flexibility index (Phi) is 10.8. The van der Waals surface area contributed by atoms with Crippen molar-refractivity contribution in [3.8, 4) is 28.5 Å². The van der Waals surface area contributed by atoms with Crippen LogP contribution in [0.1, 0.15) is 71.6 Å². The molecule has 2 amide bonds. The lowest BCUT2D eigenvalue weighted by Crippen LogP contribution is -2.48. The molecule has 2 aliphatic rings. The van der Waals surface area contributed by atoms with Crippen LogP contribution in [0, 0.1) is 12.7 Å². The number of halogens is 1. The number of aromatic nitrogens is 3. The molecule has 4 aromatic rings. The number of hydrogen-bond acceptors (Lipinski definition) is 8. The number of ether oxygens (including phenoxy) is 1. The number of aromatic hydroxyl groups is 1. The van der Waals surface area contributed by atoms with Crippen LogP contribution in [0.15, 0.2) is 60.8 Å². The summed E-state index contributed by atoms with van der Waals surface area (Å²) < 4.78 is 22.1. The van der Waals surface area contributed by atoms with Gasteiger partial charge in [0.15, 0.2) is 0 Å². The number of piperazine rings is 1. The molecule has 12 heteroatoms. The molecule has 1 saturated heterocycles. The van der Waals surface area contributed by atoms with E-state index in [1.165, 1.54) is 0 Å². The van der Waals surface area contributed by atoms with Gasteiger partial charge >= 0.3 is 0 Å². The zero-order valence-corrected chi connectivity index (χ0v) is 29.2. The van der Waals surface area contributed by atoms with E-state index in [4.69, 9.17) is 4.74 Å². The van der Waals surface area contributed by atoms with Crippen molar-refractivity contribution in [1.82, 2.24) is 35.2 Å². The summed E-state index contributed by atoms with van der Waals surface area (Å²) in [5, 5.41) is 21.0. The quantitative estimate of drug-likeness (QED) is 0.202. The van der Waals surface area contributed by atoms with E-state index in [0.717, 1.165) is 60.8 Å². The molecule has 0 bridgehead atoms. The predicted octanol–water partition coefficient (Wildman–Crippen LogP) is 5.42. The molecular formula is C38H46FN7O4. The fraction of sp³-hybridized carbons (Fsp3) is 0.421. The molecule has 2 fully saturated rings. The minimum atomic E-state index is -0.644. The SMILES string of the molecule is Cc1cc(C(=O)N[C@H]2CC[C@H](NC(=O)c3cc(F)cnc3Oc3cccc(-c4ccc(O)c(CN5CCN(C(C)C)CC5)c4)c3)CC2)nn1C. The number of amides is 2. The zero-order chi connectivity index (χ0) is 35.4. The third-order valence-corrected chi connectivity index (χ3v) is 9.80. The molecule has 0 atom stereocenters. The molecule has 3 N–H and O–H groups in total. The first kappa shape index (κ1) is 35.0. The molecule has 264 valence electrons. The monoisotopic (exact) mass is 683 g/mol. The van der Waals surface area contributed by atoms with Crippen molar-refractivity contribution in [2.75, 3.05) is 26.2 Å². The van der Waals surface area contributed by atoms with Gasteiger partial charge in [-0.2, -0.15) is 5.10 Å². The number of benzene rings is 2. The van der Waals surface area contributed by atoms with Crippen LogP contribution in [-0.4, -0.2) is 85.8 Å². The van der Waals surface area contributed by atoms with Crippen LogP contribution in [0.3, 0.4) is 0 Å². The molecule has 11 nitrogen and oxygen atoms in total. The molecule has 0 unspecified atom stereocenters. The summed E-state index contributed by atoms with van der Waals surface area (Å²) in [7, 11) is 1.80. The number of phenols is 1. The number of aryl methyl sites for hydroxylation is 2. The van der Waals surface area contributed by atoms with Crippen LogP contribution in [0.25, 0.3) is 11.1 Å². The highest BCUT2D eigenvalue weighted by Crippen LogP contribution is 2.32. The number of rotatable bonds is 10. The average Bonchev–Trinajstić information content (AvgIpc) is 3.45. The molecule has 1 aliphatic carbocycles. The van der Waals surface area contributed by atoms with Crippen LogP contribution >= 0.6 is 0 Å². The lowest BCUT2D eigenvalue weighted by molar-refractivity contribution is 0.0887. The standard InChI is InChI=1S/C38H46FN7O4/c1-24(2)46-16-14-45(15-17-46)23-28-19-27(8-13-35(28)47)26-6-5-7-32(20-26)50-38-33(21-29(39)22-40-38)36(48)41-30-9-11-31(12-10-30)42-37(49)34-18-25(3)44(4)43-34/h5-8,13,18-22,24,30-31,47H,9-12,14-17,23H2,1-4H3,(H,41,48)(H,42,49)/t30-,31-. The van der Waals surface area contributed by atoms with Crippen molar-refractivity contribution >= 4 is 11.8 Å². The molecule has 2 aromatic carbocycles. The van der Waals surface area contributed by atoms with Gasteiger partial charge in [-0.15, -0.1) is 0 Å². The fourth-order valence-corrected chi connectivity index (χ4v) is 6.67. The molecule has 1 saturated carbocycles. The summed E-state index contributed by atoms with van der Waals surface area (Å²) in [6.45, 7) is 10.9. The number of phenolic OH excluding ortho intramolecular Hbond substituents is 1. The summed E-state index contributed by atoms with van der Waals surface area (Å²) in [4.78, 5) is 35.0. The van der Waals surface area contributed by atoms with E-state index in [2.05, 4.69) is 44.4 Å². The van der Waals surface area contributed by atoms with Gasteiger partial charge in [0, 0.05) is 69.2 Å². The maximum atomic E-state index is 14.4. The van der Waals surface area contributed by atoms with Gasteiger partial charge in [-0.05, 0) is 94.0 Å². The Morgan fingerprint density at radius 3 is 2.28 bits per heavy atom. The summed E-state index contributed by atoms with van der Waals surface area (Å²) in [5.41, 5.74) is 3.92. The fourth-order valence-electron chi connectivity index (χ4n) is 6.67. The maximum absolute atomic E-state index is 14.4. The first-order valence-corrected chi connectivity index (χ1v) is 17.4. The van der Waals surface area contributed by atoms with E-state index >= 15 is 0 Å². The van der Waals surface area contributed by atoms with Crippen LogP contribution < -0.4 is 15.4 Å². The first-order chi connectivity index (χ1) is 24.0. The van der Waals surface area contributed by atoms with Gasteiger partial charge in [0.25, 0.3) is 11.8 Å². The Labute approximate surface area is 292 Å². The molecular weight excluding hydrogens is 637 g/mol. The molecule has 2 aromatic heterocycles. The number of carbonyl (C=O) groups is 2. The highest BCUT2D eigenvalue weighted by molar-refractivity contribution is 5.96. The number of hydrogen-bond donors (Lipinski definition) is 3. The molecule has 1 aliphatic heterocycles. The molecule has 6 rings (SSSR count). The van der Waals surface area contributed by atoms with E-state index in [0.29, 0.717) is 49.7 Å². The Balaban J connectivity index is 1.08. The Morgan fingerprint density at radius 2 is 1.62 bits per heavy atom. The van der Waals surface area contributed by atoms with Gasteiger partial charge in [0.05, 0.1) is 6.20 Å². The van der Waals surface area contributed by atoms with E-state index in [-0.39, 0.29) is 35.2 Å². The summed E-state index contributed by atoms with van der Waals surface area (Å²) in [6.07, 6.45) is 3.71. The summed E-state index contributed by atoms with van der Waals surface area (Å²) in [6, 6.07) is 16.2. The smallest absolute Gasteiger partial charge is 0.272 e. The number of nitrogens with zero attached hydrogens (tertiary/aromatic N) is 5. The van der Waals surface area contributed by atoms with Crippen molar-refractivity contribution in [2.24, 2.45) is 7.05 Å². The van der Waals surface area contributed by atoms with Crippen molar-refractivity contribution in [3.63, 3.8) is 0 Å². The largest absolute Gasteiger partial charge is 0.508 e. The van der Waals surface area contributed by atoms with E-state index in [1.807, 2.05) is 37.3 Å². The highest BCUT2D eigenvalue weighted by Gasteiger charge is 2.27. The van der Waals surface area contributed by atoms with Gasteiger partial charge in [-0.25, -0.2) is 9.37 Å². The number of pyridine rings is 1. The van der Waals surface area contributed by atoms with Crippen molar-refractivity contribution < 1.29 is 23.8 Å². The lowest BCUT2D eigenvalue weighted by atomic mass is 9.91. The van der Waals surface area contributed by atoms with Gasteiger partial charge in [-0.1, -0.05) is 18.2 Å². The van der Waals surface area contributed by atoms with Crippen LogP contribution in [0.4, 0.5) is 4.39 Å². The van der Waals surface area contributed by atoms with E-state index in [9.17, 15) is 19.1 Å². The van der Waals surface area contributed by atoms with Gasteiger partial charge in [-0.3, -0.25) is 24.1 Å². The average molecular weight is 684 g/mol. The highest BCUT2D eigenvalue weighted by atomic mass is 19.1. The van der Waals surface area contributed by atoms with Crippen LogP contribution in [-0.2, 0) is 13.6 Å². The second-order valence-corrected chi connectivity index (χ2v) is 13.7. The first-order valence-electron chi connectivity index (χ1n) is 17.4. The third-order valence-electron chi connectivity index (χ3n) is 9.80. The Bertz CT molecular complexity index is 1810.